The van der Waals surface area contributed by atoms with Gasteiger partial charge in [0.05, 0.1) is 0 Å². The van der Waals surface area contributed by atoms with Crippen molar-refractivity contribution in [2.75, 3.05) is 5.06 Å². The van der Waals surface area contributed by atoms with Gasteiger partial charge in [-0.3, -0.25) is 4.79 Å². The van der Waals surface area contributed by atoms with Crippen molar-refractivity contribution < 1.29 is 14.2 Å². The van der Waals surface area contributed by atoms with Crippen molar-refractivity contribution in [2.45, 2.75) is 39.0 Å². The van der Waals surface area contributed by atoms with E-state index in [-0.39, 0.29) is 5.41 Å². The number of carbonyl (C=O) groups is 1. The molecule has 0 unspecified atom stereocenters. The maximum Gasteiger partial charge on any atom is 0.249 e. The average molecular weight is 288 g/mol. The van der Waals surface area contributed by atoms with E-state index < -0.39 is 0 Å². The lowest BCUT2D eigenvalue weighted by Gasteiger charge is -2.22. The van der Waals surface area contributed by atoms with Crippen LogP contribution in [0.2, 0.25) is 0 Å². The second-order valence-corrected chi connectivity index (χ2v) is 5.15. The molecule has 112 valence electrons. The maximum atomic E-state index is 11.2. The van der Waals surface area contributed by atoms with Gasteiger partial charge in [0.2, 0.25) is 12.2 Å². The van der Waals surface area contributed by atoms with Gasteiger partial charge in [-0.15, -0.1) is 5.06 Å². The topological polar surface area (TPSA) is 55.6 Å². The number of benzene rings is 1. The largest absolute Gasteiger partial charge is 0.371 e. The second-order valence-electron chi connectivity index (χ2n) is 5.15. The van der Waals surface area contributed by atoms with E-state index >= 15 is 0 Å². The average Bonchev–Trinajstić information content (AvgIpc) is 3.03. The third-order valence-electron chi connectivity index (χ3n) is 3.92. The van der Waals surface area contributed by atoms with Gasteiger partial charge in [0.25, 0.3) is 0 Å². The van der Waals surface area contributed by atoms with Crippen molar-refractivity contribution in [2.24, 2.45) is 0 Å². The molecule has 0 saturated heterocycles. The fraction of sp³-hybridized carbons (Fsp3) is 0.375. The third-order valence-corrected chi connectivity index (χ3v) is 3.92. The van der Waals surface area contributed by atoms with Gasteiger partial charge in [0, 0.05) is 11.5 Å². The summed E-state index contributed by atoms with van der Waals surface area (Å²) in [7, 11) is 0. The molecule has 0 bridgehead atoms. The molecule has 5 nitrogen and oxygen atoms in total. The van der Waals surface area contributed by atoms with Gasteiger partial charge in [0.1, 0.15) is 5.76 Å². The van der Waals surface area contributed by atoms with Crippen LogP contribution in [-0.2, 0) is 10.2 Å². The smallest absolute Gasteiger partial charge is 0.249 e. The van der Waals surface area contributed by atoms with Gasteiger partial charge in [-0.1, -0.05) is 44.1 Å². The molecule has 0 saturated carbocycles. The first-order chi connectivity index (χ1) is 10.1. The summed E-state index contributed by atoms with van der Waals surface area (Å²) in [5, 5.41) is 5.00. The summed E-state index contributed by atoms with van der Waals surface area (Å²) in [5.41, 5.74) is -0.0907. The second kappa shape index (κ2) is 6.43. The Morgan fingerprint density at radius 1 is 1.29 bits per heavy atom. The minimum atomic E-state index is -0.0907. The van der Waals surface area contributed by atoms with Crippen molar-refractivity contribution in [3.63, 3.8) is 0 Å². The summed E-state index contributed by atoms with van der Waals surface area (Å²) >= 11 is 0. The first-order valence-corrected chi connectivity index (χ1v) is 7.07. The molecule has 0 fully saturated rings. The van der Waals surface area contributed by atoms with Gasteiger partial charge >= 0.3 is 0 Å². The standard InChI is InChI=1S/C16H20N2O3/c1-4-16(3,5-2)14-11-15(17-20-14)18(12-19)21-13-9-7-6-8-10-13/h6-12H,4-5H2,1-3H3. The molecule has 1 amide bonds. The van der Waals surface area contributed by atoms with E-state index in [0.717, 1.165) is 23.7 Å². The Morgan fingerprint density at radius 2 is 1.95 bits per heavy atom. The van der Waals surface area contributed by atoms with Crippen molar-refractivity contribution in [3.05, 3.63) is 42.2 Å². The molecule has 0 aliphatic carbocycles. The highest BCUT2D eigenvalue weighted by molar-refractivity contribution is 5.70. The molecule has 5 heteroatoms. The van der Waals surface area contributed by atoms with E-state index in [1.807, 2.05) is 18.2 Å². The zero-order valence-electron chi connectivity index (χ0n) is 12.6. The normalized spacial score (nSPS) is 11.2. The van der Waals surface area contributed by atoms with E-state index in [9.17, 15) is 4.79 Å². The first-order valence-electron chi connectivity index (χ1n) is 7.07. The van der Waals surface area contributed by atoms with Gasteiger partial charge in [-0.05, 0) is 25.0 Å². The number of carbonyl (C=O) groups excluding carboxylic acids is 1. The molecule has 2 aromatic rings. The Kier molecular flexibility index (Phi) is 4.62. The van der Waals surface area contributed by atoms with Crippen LogP contribution in [0.15, 0.2) is 40.9 Å². The van der Waals surface area contributed by atoms with Gasteiger partial charge in [-0.2, -0.15) is 0 Å². The Morgan fingerprint density at radius 3 is 2.52 bits per heavy atom. The highest BCUT2D eigenvalue weighted by Gasteiger charge is 2.28. The van der Waals surface area contributed by atoms with Crippen LogP contribution in [0, 0.1) is 0 Å². The quantitative estimate of drug-likeness (QED) is 0.575. The summed E-state index contributed by atoms with van der Waals surface area (Å²) in [6.45, 7) is 6.31. The molecule has 2 rings (SSSR count). The monoisotopic (exact) mass is 288 g/mol. The molecule has 0 spiro atoms. The number of nitrogens with zero attached hydrogens (tertiary/aromatic N) is 2. The number of hydrogen-bond acceptors (Lipinski definition) is 4. The summed E-state index contributed by atoms with van der Waals surface area (Å²) < 4.78 is 5.40. The van der Waals surface area contributed by atoms with E-state index in [1.54, 1.807) is 18.2 Å². The van der Waals surface area contributed by atoms with Crippen LogP contribution < -0.4 is 9.90 Å². The van der Waals surface area contributed by atoms with Crippen LogP contribution in [0.25, 0.3) is 0 Å². The third kappa shape index (κ3) is 3.24. The lowest BCUT2D eigenvalue weighted by molar-refractivity contribution is -0.111. The zero-order chi connectivity index (χ0) is 15.3. The fourth-order valence-corrected chi connectivity index (χ4v) is 1.97. The summed E-state index contributed by atoms with van der Waals surface area (Å²) in [6.07, 6.45) is 2.43. The predicted octanol–water partition coefficient (Wildman–Crippen LogP) is 3.71. The van der Waals surface area contributed by atoms with Gasteiger partial charge in [-0.25, -0.2) is 0 Å². The van der Waals surface area contributed by atoms with Crippen LogP contribution in [-0.4, -0.2) is 11.6 Å². The minimum Gasteiger partial charge on any atom is -0.371 e. The summed E-state index contributed by atoms with van der Waals surface area (Å²) in [5.74, 6) is 1.66. The molecule has 0 N–H and O–H groups in total. The Bertz CT molecular complexity index is 576. The molecule has 1 aromatic heterocycles. The van der Waals surface area contributed by atoms with Crippen molar-refractivity contribution in [1.29, 1.82) is 0 Å². The predicted molar refractivity (Wildman–Crippen MR) is 80.1 cm³/mol. The highest BCUT2D eigenvalue weighted by atomic mass is 16.7. The van der Waals surface area contributed by atoms with Crippen molar-refractivity contribution >= 4 is 12.2 Å². The van der Waals surface area contributed by atoms with Crippen LogP contribution in [0.4, 0.5) is 5.82 Å². The van der Waals surface area contributed by atoms with E-state index in [1.165, 1.54) is 0 Å². The van der Waals surface area contributed by atoms with Crippen molar-refractivity contribution in [1.82, 2.24) is 5.16 Å². The van der Waals surface area contributed by atoms with E-state index in [2.05, 4.69) is 25.9 Å². The Balaban J connectivity index is 2.20. The highest BCUT2D eigenvalue weighted by Crippen LogP contribution is 2.33. The number of para-hydroxylation sites is 1. The number of hydrogen-bond donors (Lipinski definition) is 0. The van der Waals surface area contributed by atoms with Gasteiger partial charge in [0.15, 0.2) is 5.75 Å². The molecule has 0 aliphatic heterocycles. The first kappa shape index (κ1) is 15.1. The lowest BCUT2D eigenvalue weighted by atomic mass is 9.82. The number of hydroxylamine groups is 1. The molecule has 0 radical (unpaired) electrons. The number of amides is 1. The fourth-order valence-electron chi connectivity index (χ4n) is 1.97. The molecule has 1 heterocycles. The van der Waals surface area contributed by atoms with E-state index in [0.29, 0.717) is 18.0 Å². The van der Waals surface area contributed by atoms with Crippen LogP contribution in [0.5, 0.6) is 5.75 Å². The van der Waals surface area contributed by atoms with E-state index in [4.69, 9.17) is 9.36 Å². The Labute approximate surface area is 124 Å². The number of rotatable bonds is 7. The molecule has 0 atom stereocenters. The number of anilines is 1. The summed E-state index contributed by atoms with van der Waals surface area (Å²) in [6, 6.07) is 10.8. The van der Waals surface area contributed by atoms with Crippen LogP contribution >= 0.6 is 0 Å². The summed E-state index contributed by atoms with van der Waals surface area (Å²) in [4.78, 5) is 16.7. The molecule has 1 aromatic carbocycles. The van der Waals surface area contributed by atoms with Crippen LogP contribution in [0.3, 0.4) is 0 Å². The molecular weight excluding hydrogens is 268 g/mol. The SMILES string of the molecule is CCC(C)(CC)c1cc(N(C=O)Oc2ccccc2)no1. The van der Waals surface area contributed by atoms with Gasteiger partial charge < -0.3 is 9.36 Å². The molecule has 0 aliphatic rings. The number of aromatic nitrogens is 1. The lowest BCUT2D eigenvalue weighted by Crippen LogP contribution is -2.25. The molecule has 21 heavy (non-hydrogen) atoms. The zero-order valence-corrected chi connectivity index (χ0v) is 12.6. The van der Waals surface area contributed by atoms with Crippen LogP contribution in [0.1, 0.15) is 39.4 Å². The maximum absolute atomic E-state index is 11.2. The van der Waals surface area contributed by atoms with Crippen molar-refractivity contribution in [3.8, 4) is 5.75 Å². The Hall–Kier alpha value is -2.30. The molecular formula is C16H20N2O3. The minimum absolute atomic E-state index is 0.0907.